The van der Waals surface area contributed by atoms with E-state index in [9.17, 15) is 4.39 Å². The number of piperidine rings is 1. The minimum absolute atomic E-state index is 0.117. The van der Waals surface area contributed by atoms with Gasteiger partial charge in [0.1, 0.15) is 5.82 Å². The maximum absolute atomic E-state index is 13.3. The molecule has 2 nitrogen and oxygen atoms in total. The molecule has 1 aromatic rings. The third-order valence-corrected chi connectivity index (χ3v) is 3.84. The minimum Gasteiger partial charge on any atom is -0.369 e. The van der Waals surface area contributed by atoms with Crippen molar-refractivity contribution in [3.05, 3.63) is 29.6 Å². The fraction of sp³-hybridized carbons (Fsp3) is 0.600. The number of halogens is 1. The summed E-state index contributed by atoms with van der Waals surface area (Å²) in [7, 11) is 0. The van der Waals surface area contributed by atoms with Gasteiger partial charge in [0.15, 0.2) is 0 Å². The van der Waals surface area contributed by atoms with Gasteiger partial charge >= 0.3 is 0 Å². The Balaban J connectivity index is 2.08. The van der Waals surface area contributed by atoms with Gasteiger partial charge < -0.3 is 10.2 Å². The Morgan fingerprint density at radius 2 is 2.22 bits per heavy atom. The van der Waals surface area contributed by atoms with Gasteiger partial charge in [-0.25, -0.2) is 4.39 Å². The summed E-state index contributed by atoms with van der Waals surface area (Å²) in [5.74, 6) is -0.117. The molecule has 1 saturated heterocycles. The van der Waals surface area contributed by atoms with Gasteiger partial charge in [-0.15, -0.1) is 0 Å². The summed E-state index contributed by atoms with van der Waals surface area (Å²) >= 11 is 0. The molecule has 18 heavy (non-hydrogen) atoms. The van der Waals surface area contributed by atoms with E-state index in [1.165, 1.54) is 0 Å². The quantitative estimate of drug-likeness (QED) is 0.886. The first-order valence-electron chi connectivity index (χ1n) is 6.88. The predicted octanol–water partition coefficient (Wildman–Crippen LogP) is 3.10. The maximum atomic E-state index is 13.3. The van der Waals surface area contributed by atoms with E-state index in [-0.39, 0.29) is 5.82 Å². The van der Waals surface area contributed by atoms with Gasteiger partial charge in [-0.1, -0.05) is 6.92 Å². The lowest BCUT2D eigenvalue weighted by Gasteiger charge is -2.39. The second kappa shape index (κ2) is 5.70. The zero-order valence-electron chi connectivity index (χ0n) is 11.5. The molecule has 0 aliphatic carbocycles. The molecule has 1 heterocycles. The molecule has 2 atom stereocenters. The van der Waals surface area contributed by atoms with Crippen LogP contribution in [0.25, 0.3) is 0 Å². The lowest BCUT2D eigenvalue weighted by molar-refractivity contribution is 0.374. The zero-order valence-corrected chi connectivity index (χ0v) is 11.5. The third kappa shape index (κ3) is 2.83. The largest absolute Gasteiger partial charge is 0.369 e. The first kappa shape index (κ1) is 13.3. The molecule has 1 aliphatic heterocycles. The van der Waals surface area contributed by atoms with Gasteiger partial charge in [-0.3, -0.25) is 0 Å². The smallest absolute Gasteiger partial charge is 0.126 e. The van der Waals surface area contributed by atoms with Crippen molar-refractivity contribution in [1.29, 1.82) is 0 Å². The Morgan fingerprint density at radius 1 is 1.44 bits per heavy atom. The van der Waals surface area contributed by atoms with E-state index < -0.39 is 0 Å². The molecule has 0 saturated carbocycles. The maximum Gasteiger partial charge on any atom is 0.126 e. The van der Waals surface area contributed by atoms with Crippen molar-refractivity contribution in [2.24, 2.45) is 0 Å². The summed E-state index contributed by atoms with van der Waals surface area (Å²) in [5, 5.41) is 3.52. The van der Waals surface area contributed by atoms with Crippen molar-refractivity contribution in [3.63, 3.8) is 0 Å². The van der Waals surface area contributed by atoms with E-state index in [1.807, 2.05) is 19.1 Å². The normalized spacial score (nSPS) is 24.3. The standard InChI is InChI=1S/C15H23FN2/c1-4-17-13-7-8-18(12(3)10-13)14-5-6-15(16)11(2)9-14/h5-6,9,12-13,17H,4,7-8,10H2,1-3H3. The SMILES string of the molecule is CCNC1CCN(c2ccc(F)c(C)c2)C(C)C1. The zero-order chi connectivity index (χ0) is 13.1. The summed E-state index contributed by atoms with van der Waals surface area (Å²) in [5.41, 5.74) is 1.88. The van der Waals surface area contributed by atoms with E-state index in [0.717, 1.165) is 37.2 Å². The van der Waals surface area contributed by atoms with Gasteiger partial charge in [0.05, 0.1) is 0 Å². The molecule has 2 unspecified atom stereocenters. The average Bonchev–Trinajstić information content (AvgIpc) is 2.34. The van der Waals surface area contributed by atoms with Crippen LogP contribution in [0.2, 0.25) is 0 Å². The van der Waals surface area contributed by atoms with E-state index in [1.54, 1.807) is 6.07 Å². The van der Waals surface area contributed by atoms with Crippen molar-refractivity contribution in [2.75, 3.05) is 18.0 Å². The molecule has 2 rings (SSSR count). The summed E-state index contributed by atoms with van der Waals surface area (Å²) in [6, 6.07) is 6.56. The number of hydrogen-bond donors (Lipinski definition) is 1. The topological polar surface area (TPSA) is 15.3 Å². The number of anilines is 1. The molecule has 0 amide bonds. The molecule has 0 spiro atoms. The molecule has 0 aromatic heterocycles. The van der Waals surface area contributed by atoms with Crippen LogP contribution < -0.4 is 10.2 Å². The van der Waals surface area contributed by atoms with Crippen molar-refractivity contribution >= 4 is 5.69 Å². The van der Waals surface area contributed by atoms with Crippen LogP contribution in [-0.4, -0.2) is 25.2 Å². The second-order valence-electron chi connectivity index (χ2n) is 5.25. The molecule has 0 bridgehead atoms. The fourth-order valence-corrected chi connectivity index (χ4v) is 2.84. The highest BCUT2D eigenvalue weighted by Gasteiger charge is 2.25. The van der Waals surface area contributed by atoms with E-state index in [4.69, 9.17) is 0 Å². The summed E-state index contributed by atoms with van der Waals surface area (Å²) in [6.07, 6.45) is 2.32. The van der Waals surface area contributed by atoms with Crippen LogP contribution in [0.5, 0.6) is 0 Å². The Morgan fingerprint density at radius 3 is 2.83 bits per heavy atom. The number of rotatable bonds is 3. The van der Waals surface area contributed by atoms with Crippen molar-refractivity contribution < 1.29 is 4.39 Å². The highest BCUT2D eigenvalue weighted by molar-refractivity contribution is 5.50. The fourth-order valence-electron chi connectivity index (χ4n) is 2.84. The Kier molecular flexibility index (Phi) is 4.23. The van der Waals surface area contributed by atoms with Gasteiger partial charge in [0.25, 0.3) is 0 Å². The molecule has 1 aromatic carbocycles. The molecule has 1 aliphatic rings. The molecule has 100 valence electrons. The lowest BCUT2D eigenvalue weighted by atomic mass is 9.97. The van der Waals surface area contributed by atoms with Gasteiger partial charge in [0, 0.05) is 24.3 Å². The van der Waals surface area contributed by atoms with Crippen molar-refractivity contribution in [2.45, 2.75) is 45.7 Å². The van der Waals surface area contributed by atoms with Crippen LogP contribution in [0.4, 0.5) is 10.1 Å². The van der Waals surface area contributed by atoms with E-state index >= 15 is 0 Å². The summed E-state index contributed by atoms with van der Waals surface area (Å²) < 4.78 is 13.3. The predicted molar refractivity (Wildman–Crippen MR) is 74.6 cm³/mol. The Bertz CT molecular complexity index is 405. The minimum atomic E-state index is -0.117. The molecule has 3 heteroatoms. The van der Waals surface area contributed by atoms with Crippen LogP contribution in [0.3, 0.4) is 0 Å². The number of hydrogen-bond acceptors (Lipinski definition) is 2. The van der Waals surface area contributed by atoms with E-state index in [0.29, 0.717) is 12.1 Å². The Labute approximate surface area is 109 Å². The molecule has 1 N–H and O–H groups in total. The van der Waals surface area contributed by atoms with Crippen LogP contribution in [0, 0.1) is 12.7 Å². The van der Waals surface area contributed by atoms with Crippen LogP contribution in [0.1, 0.15) is 32.3 Å². The van der Waals surface area contributed by atoms with Gasteiger partial charge in [0.2, 0.25) is 0 Å². The number of nitrogens with zero attached hydrogens (tertiary/aromatic N) is 1. The highest BCUT2D eigenvalue weighted by Crippen LogP contribution is 2.26. The monoisotopic (exact) mass is 250 g/mol. The van der Waals surface area contributed by atoms with Crippen LogP contribution in [0.15, 0.2) is 18.2 Å². The van der Waals surface area contributed by atoms with Crippen molar-refractivity contribution in [3.8, 4) is 0 Å². The number of aryl methyl sites for hydroxylation is 1. The molecule has 0 radical (unpaired) electrons. The lowest BCUT2D eigenvalue weighted by Crippen LogP contribution is -2.47. The van der Waals surface area contributed by atoms with Crippen LogP contribution in [-0.2, 0) is 0 Å². The van der Waals surface area contributed by atoms with Crippen molar-refractivity contribution in [1.82, 2.24) is 5.32 Å². The Hall–Kier alpha value is -1.09. The second-order valence-corrected chi connectivity index (χ2v) is 5.25. The molecule has 1 fully saturated rings. The first-order chi connectivity index (χ1) is 8.61. The third-order valence-electron chi connectivity index (χ3n) is 3.84. The number of benzene rings is 1. The van der Waals surface area contributed by atoms with Crippen LogP contribution >= 0.6 is 0 Å². The average molecular weight is 250 g/mol. The van der Waals surface area contributed by atoms with Gasteiger partial charge in [-0.2, -0.15) is 0 Å². The highest BCUT2D eigenvalue weighted by atomic mass is 19.1. The summed E-state index contributed by atoms with van der Waals surface area (Å²) in [4.78, 5) is 2.39. The first-order valence-corrected chi connectivity index (χ1v) is 6.88. The molecular weight excluding hydrogens is 227 g/mol. The summed E-state index contributed by atoms with van der Waals surface area (Å²) in [6.45, 7) is 8.31. The molecular formula is C15H23FN2. The number of nitrogens with one attached hydrogen (secondary N) is 1. The van der Waals surface area contributed by atoms with Gasteiger partial charge in [-0.05, 0) is 57.0 Å². The van der Waals surface area contributed by atoms with E-state index in [2.05, 4.69) is 24.1 Å².